The predicted molar refractivity (Wildman–Crippen MR) is 144 cm³/mol. The predicted octanol–water partition coefficient (Wildman–Crippen LogP) is 6.91. The first-order valence-corrected chi connectivity index (χ1v) is 12.6. The van der Waals surface area contributed by atoms with Gasteiger partial charge in [-0.15, -0.1) is 0 Å². The normalized spacial score (nSPS) is 14.3. The molecule has 0 saturated carbocycles. The molecule has 8 heteroatoms. The summed E-state index contributed by atoms with van der Waals surface area (Å²) in [6.07, 6.45) is 1.94. The molecule has 1 aliphatic rings. The summed E-state index contributed by atoms with van der Waals surface area (Å²) in [5, 5.41) is 0.681. The highest BCUT2D eigenvalue weighted by atomic mass is 35.5. The van der Waals surface area contributed by atoms with Gasteiger partial charge in [0.2, 0.25) is 5.91 Å². The number of para-hydroxylation sites is 2. The van der Waals surface area contributed by atoms with Gasteiger partial charge in [-0.2, -0.15) is 0 Å². The van der Waals surface area contributed by atoms with Crippen molar-refractivity contribution in [2.45, 2.75) is 25.9 Å². The summed E-state index contributed by atoms with van der Waals surface area (Å²) in [7, 11) is 0. The molecule has 4 aromatic rings. The molecule has 0 N–H and O–H groups in total. The van der Waals surface area contributed by atoms with Crippen LogP contribution in [0.15, 0.2) is 85.1 Å². The fraction of sp³-hybridized carbons (Fsp3) is 0.172. The molecule has 0 bridgehead atoms. The van der Waals surface area contributed by atoms with E-state index in [4.69, 9.17) is 23.2 Å². The van der Waals surface area contributed by atoms with E-state index in [1.807, 2.05) is 61.0 Å². The van der Waals surface area contributed by atoms with Crippen LogP contribution in [-0.4, -0.2) is 33.9 Å². The smallest absolute Gasteiger partial charge is 0.254 e. The molecule has 188 valence electrons. The summed E-state index contributed by atoms with van der Waals surface area (Å²) >= 11 is 12.3. The maximum Gasteiger partial charge on any atom is 0.254 e. The second kappa shape index (κ2) is 10.0. The second-order valence-electron chi connectivity index (χ2n) is 9.19. The highest BCUT2D eigenvalue weighted by molar-refractivity contribution is 6.35. The Balaban J connectivity index is 1.57. The van der Waals surface area contributed by atoms with Crippen LogP contribution < -0.4 is 4.90 Å². The summed E-state index contributed by atoms with van der Waals surface area (Å²) in [5.74, 6) is -0.978. The molecule has 3 aromatic carbocycles. The first kappa shape index (κ1) is 25.1. The van der Waals surface area contributed by atoms with Crippen molar-refractivity contribution in [1.82, 2.24) is 9.47 Å². The number of amides is 2. The van der Waals surface area contributed by atoms with Gasteiger partial charge in [-0.3, -0.25) is 14.5 Å². The lowest BCUT2D eigenvalue weighted by Crippen LogP contribution is -2.48. The molecule has 1 aliphatic heterocycles. The average Bonchev–Trinajstić information content (AvgIpc) is 3.36. The zero-order valence-electron chi connectivity index (χ0n) is 20.2. The molecule has 2 heterocycles. The number of fused-ring (bicyclic) bond motifs is 3. The molecule has 0 spiro atoms. The Morgan fingerprint density at radius 3 is 2.22 bits per heavy atom. The number of carbonyl (C=O) groups excluding carboxylic acids is 2. The molecule has 0 radical (unpaired) electrons. The minimum absolute atomic E-state index is 0.173. The van der Waals surface area contributed by atoms with Gasteiger partial charge >= 0.3 is 0 Å². The zero-order valence-corrected chi connectivity index (χ0v) is 21.7. The highest BCUT2D eigenvalue weighted by Gasteiger charge is 2.37. The van der Waals surface area contributed by atoms with Gasteiger partial charge in [0.15, 0.2) is 0 Å². The van der Waals surface area contributed by atoms with Crippen molar-refractivity contribution < 1.29 is 14.0 Å². The fourth-order valence-electron chi connectivity index (χ4n) is 4.78. The Kier molecular flexibility index (Phi) is 6.80. The van der Waals surface area contributed by atoms with E-state index in [1.54, 1.807) is 35.2 Å². The molecule has 0 aliphatic carbocycles. The SMILES string of the molecule is CC(C)N(CC(=O)N1c2ccccc2-n2cccc2[C@@H]1c1ccc(F)cc1)C(=O)c1cc(Cl)cc(Cl)c1. The van der Waals surface area contributed by atoms with Crippen molar-refractivity contribution in [3.8, 4) is 5.69 Å². The van der Waals surface area contributed by atoms with Crippen molar-refractivity contribution in [2.24, 2.45) is 0 Å². The molecule has 0 saturated heterocycles. The number of hydrogen-bond donors (Lipinski definition) is 0. The van der Waals surface area contributed by atoms with Gasteiger partial charge in [0.1, 0.15) is 18.4 Å². The summed E-state index contributed by atoms with van der Waals surface area (Å²) in [4.78, 5) is 30.8. The number of benzene rings is 3. The van der Waals surface area contributed by atoms with Crippen LogP contribution in [0, 0.1) is 5.82 Å². The summed E-state index contributed by atoms with van der Waals surface area (Å²) in [6, 6.07) is 21.5. The number of rotatable bonds is 5. The van der Waals surface area contributed by atoms with Crippen LogP contribution in [0.25, 0.3) is 5.69 Å². The van der Waals surface area contributed by atoms with Crippen molar-refractivity contribution in [3.05, 3.63) is 118 Å². The van der Waals surface area contributed by atoms with E-state index in [1.165, 1.54) is 17.0 Å². The van der Waals surface area contributed by atoms with Crippen molar-refractivity contribution in [3.63, 3.8) is 0 Å². The number of halogens is 3. The maximum atomic E-state index is 14.1. The minimum Gasteiger partial charge on any atom is -0.327 e. The monoisotopic (exact) mass is 535 g/mol. The van der Waals surface area contributed by atoms with Gasteiger partial charge in [0.25, 0.3) is 5.91 Å². The van der Waals surface area contributed by atoms with Crippen LogP contribution in [0.2, 0.25) is 10.0 Å². The molecule has 0 fully saturated rings. The van der Waals surface area contributed by atoms with Gasteiger partial charge in [0, 0.05) is 27.8 Å². The molecule has 5 nitrogen and oxygen atoms in total. The van der Waals surface area contributed by atoms with Crippen molar-refractivity contribution >= 4 is 40.7 Å². The van der Waals surface area contributed by atoms with Crippen LogP contribution in [0.5, 0.6) is 0 Å². The summed E-state index contributed by atoms with van der Waals surface area (Å²) in [6.45, 7) is 3.53. The quantitative estimate of drug-likeness (QED) is 0.278. The molecule has 2 amide bonds. The molecular formula is C29H24Cl2FN3O2. The Bertz CT molecular complexity index is 1460. The van der Waals surface area contributed by atoms with Gasteiger partial charge in [-0.25, -0.2) is 4.39 Å². The first-order valence-electron chi connectivity index (χ1n) is 11.9. The van der Waals surface area contributed by atoms with E-state index in [0.29, 0.717) is 21.3 Å². The topological polar surface area (TPSA) is 45.6 Å². The molecule has 5 rings (SSSR count). The Hall–Kier alpha value is -3.61. The number of anilines is 1. The number of hydrogen-bond acceptors (Lipinski definition) is 2. The average molecular weight is 536 g/mol. The standard InChI is InChI=1S/C29H24Cl2FN3O2/c1-18(2)34(29(37)20-14-21(30)16-22(31)15-20)17-27(36)35-25-7-4-3-6-24(25)33-13-5-8-26(33)28(35)19-9-11-23(32)12-10-19/h3-16,18,28H,17H2,1-2H3/t28-/m0/s1. The van der Waals surface area contributed by atoms with Gasteiger partial charge in [-0.05, 0) is 74.0 Å². The van der Waals surface area contributed by atoms with E-state index in [-0.39, 0.29) is 30.2 Å². The third-order valence-electron chi connectivity index (χ3n) is 6.47. The van der Waals surface area contributed by atoms with E-state index in [2.05, 4.69) is 0 Å². The van der Waals surface area contributed by atoms with Crippen LogP contribution in [0.4, 0.5) is 10.1 Å². The highest BCUT2D eigenvalue weighted by Crippen LogP contribution is 2.42. The van der Waals surface area contributed by atoms with Gasteiger partial charge in [-0.1, -0.05) is 47.5 Å². The molecular weight excluding hydrogens is 512 g/mol. The molecule has 0 unspecified atom stereocenters. The van der Waals surface area contributed by atoms with Crippen LogP contribution in [-0.2, 0) is 4.79 Å². The zero-order chi connectivity index (χ0) is 26.3. The third-order valence-corrected chi connectivity index (χ3v) is 6.91. The Morgan fingerprint density at radius 1 is 0.919 bits per heavy atom. The lowest BCUT2D eigenvalue weighted by molar-refractivity contribution is -0.120. The second-order valence-corrected chi connectivity index (χ2v) is 10.1. The largest absolute Gasteiger partial charge is 0.327 e. The first-order chi connectivity index (χ1) is 17.7. The van der Waals surface area contributed by atoms with E-state index in [9.17, 15) is 14.0 Å². The molecule has 1 aromatic heterocycles. The minimum atomic E-state index is -0.511. The maximum absolute atomic E-state index is 14.1. The van der Waals surface area contributed by atoms with E-state index in [0.717, 1.165) is 16.9 Å². The molecule has 1 atom stereocenters. The van der Waals surface area contributed by atoms with E-state index >= 15 is 0 Å². The fourth-order valence-corrected chi connectivity index (χ4v) is 5.30. The van der Waals surface area contributed by atoms with Gasteiger partial charge in [0.05, 0.1) is 17.1 Å². The van der Waals surface area contributed by atoms with Crippen LogP contribution in [0.1, 0.15) is 41.5 Å². The van der Waals surface area contributed by atoms with Crippen molar-refractivity contribution in [1.29, 1.82) is 0 Å². The van der Waals surface area contributed by atoms with Gasteiger partial charge < -0.3 is 9.47 Å². The number of aromatic nitrogens is 1. The third kappa shape index (κ3) is 4.75. The number of carbonyl (C=O) groups is 2. The Labute approximate surface area is 224 Å². The lowest BCUT2D eigenvalue weighted by Gasteiger charge is -2.40. The van der Waals surface area contributed by atoms with Crippen LogP contribution in [0.3, 0.4) is 0 Å². The molecule has 37 heavy (non-hydrogen) atoms. The van der Waals surface area contributed by atoms with E-state index < -0.39 is 6.04 Å². The van der Waals surface area contributed by atoms with Crippen LogP contribution >= 0.6 is 23.2 Å². The summed E-state index contributed by atoms with van der Waals surface area (Å²) in [5.41, 5.74) is 3.48. The Morgan fingerprint density at radius 2 is 1.57 bits per heavy atom. The number of nitrogens with zero attached hydrogens (tertiary/aromatic N) is 3. The van der Waals surface area contributed by atoms with Crippen molar-refractivity contribution in [2.75, 3.05) is 11.4 Å². The lowest BCUT2D eigenvalue weighted by atomic mass is 9.97. The summed E-state index contributed by atoms with van der Waals surface area (Å²) < 4.78 is 15.8.